The zero-order valence-electron chi connectivity index (χ0n) is 11.2. The van der Waals surface area contributed by atoms with Gasteiger partial charge in [0.2, 0.25) is 0 Å². The van der Waals surface area contributed by atoms with E-state index in [0.717, 1.165) is 24.8 Å². The maximum atomic E-state index is 10.1. The van der Waals surface area contributed by atoms with Crippen LogP contribution in [0.15, 0.2) is 48.5 Å². The van der Waals surface area contributed by atoms with Crippen LogP contribution in [0, 0.1) is 0 Å². The summed E-state index contributed by atoms with van der Waals surface area (Å²) in [5.41, 5.74) is 2.14. The minimum Gasteiger partial charge on any atom is -0.393 e. The van der Waals surface area contributed by atoms with Gasteiger partial charge in [0.1, 0.15) is 0 Å². The molecule has 0 saturated heterocycles. The Morgan fingerprint density at radius 1 is 0.900 bits per heavy atom. The highest BCUT2D eigenvalue weighted by Gasteiger charge is 2.11. The SMILES string of the molecule is OC(CCCc1ccccc1)Cc1c(Cl)cccc1Cl. The van der Waals surface area contributed by atoms with Crippen molar-refractivity contribution < 1.29 is 5.11 Å². The van der Waals surface area contributed by atoms with Gasteiger partial charge >= 0.3 is 0 Å². The molecule has 0 aromatic heterocycles. The van der Waals surface area contributed by atoms with Crippen LogP contribution in [0.25, 0.3) is 0 Å². The Morgan fingerprint density at radius 2 is 1.55 bits per heavy atom. The standard InChI is InChI=1S/C17H18Cl2O/c18-16-10-5-11-17(19)15(16)12-14(20)9-4-8-13-6-2-1-3-7-13/h1-3,5-7,10-11,14,20H,4,8-9,12H2. The molecule has 1 unspecified atom stereocenters. The van der Waals surface area contributed by atoms with Crippen molar-refractivity contribution in [3.63, 3.8) is 0 Å². The minimum atomic E-state index is -0.406. The lowest BCUT2D eigenvalue weighted by molar-refractivity contribution is 0.162. The lowest BCUT2D eigenvalue weighted by Crippen LogP contribution is -2.11. The molecule has 0 aliphatic heterocycles. The van der Waals surface area contributed by atoms with Crippen molar-refractivity contribution in [3.05, 3.63) is 69.7 Å². The summed E-state index contributed by atoms with van der Waals surface area (Å²) in [5.74, 6) is 0. The molecule has 0 spiro atoms. The van der Waals surface area contributed by atoms with E-state index < -0.39 is 6.10 Å². The summed E-state index contributed by atoms with van der Waals surface area (Å²) in [6.07, 6.45) is 2.78. The lowest BCUT2D eigenvalue weighted by Gasteiger charge is -2.13. The molecular formula is C17H18Cl2O. The number of rotatable bonds is 6. The maximum absolute atomic E-state index is 10.1. The Morgan fingerprint density at radius 3 is 2.20 bits per heavy atom. The molecule has 1 N–H and O–H groups in total. The molecule has 3 heteroatoms. The molecule has 0 radical (unpaired) electrons. The van der Waals surface area contributed by atoms with Crippen LogP contribution in [0.3, 0.4) is 0 Å². The van der Waals surface area contributed by atoms with Crippen LogP contribution in [0.5, 0.6) is 0 Å². The second-order valence-corrected chi connectivity index (χ2v) is 5.75. The topological polar surface area (TPSA) is 20.2 Å². The first-order valence-corrected chi connectivity index (χ1v) is 7.57. The predicted molar refractivity (Wildman–Crippen MR) is 85.6 cm³/mol. The number of aryl methyl sites for hydroxylation is 1. The maximum Gasteiger partial charge on any atom is 0.0581 e. The van der Waals surface area contributed by atoms with Gasteiger partial charge in [-0.15, -0.1) is 0 Å². The van der Waals surface area contributed by atoms with E-state index >= 15 is 0 Å². The van der Waals surface area contributed by atoms with Gasteiger partial charge in [-0.05, 0) is 42.5 Å². The molecule has 1 nitrogen and oxygen atoms in total. The zero-order chi connectivity index (χ0) is 14.4. The molecule has 0 aliphatic rings. The van der Waals surface area contributed by atoms with Gasteiger partial charge in [-0.25, -0.2) is 0 Å². The van der Waals surface area contributed by atoms with E-state index in [0.29, 0.717) is 16.5 Å². The molecule has 0 bridgehead atoms. The summed E-state index contributed by atoms with van der Waals surface area (Å²) in [7, 11) is 0. The Kier molecular flexibility index (Phi) is 5.90. The summed E-state index contributed by atoms with van der Waals surface area (Å²) in [6.45, 7) is 0. The molecule has 0 fully saturated rings. The summed E-state index contributed by atoms with van der Waals surface area (Å²) in [5, 5.41) is 11.4. The molecule has 106 valence electrons. The van der Waals surface area contributed by atoms with Crippen molar-refractivity contribution in [2.24, 2.45) is 0 Å². The van der Waals surface area contributed by atoms with Crippen molar-refractivity contribution in [1.29, 1.82) is 0 Å². The molecule has 2 aromatic carbocycles. The Balaban J connectivity index is 1.82. The highest BCUT2D eigenvalue weighted by atomic mass is 35.5. The largest absolute Gasteiger partial charge is 0.393 e. The normalized spacial score (nSPS) is 12.3. The summed E-state index contributed by atoms with van der Waals surface area (Å²) in [6, 6.07) is 15.7. The fraction of sp³-hybridized carbons (Fsp3) is 0.294. The van der Waals surface area contributed by atoms with Gasteiger partial charge in [0.25, 0.3) is 0 Å². The van der Waals surface area contributed by atoms with Crippen LogP contribution < -0.4 is 0 Å². The van der Waals surface area contributed by atoms with Crippen molar-refractivity contribution in [2.45, 2.75) is 31.8 Å². The van der Waals surface area contributed by atoms with Crippen LogP contribution >= 0.6 is 23.2 Å². The van der Waals surface area contributed by atoms with Gasteiger partial charge in [-0.1, -0.05) is 59.6 Å². The van der Waals surface area contributed by atoms with Crippen molar-refractivity contribution in [3.8, 4) is 0 Å². The quantitative estimate of drug-likeness (QED) is 0.803. The van der Waals surface area contributed by atoms with Gasteiger partial charge in [-0.3, -0.25) is 0 Å². The monoisotopic (exact) mass is 308 g/mol. The van der Waals surface area contributed by atoms with E-state index in [9.17, 15) is 5.11 Å². The van der Waals surface area contributed by atoms with E-state index in [-0.39, 0.29) is 0 Å². The fourth-order valence-corrected chi connectivity index (χ4v) is 2.80. The zero-order valence-corrected chi connectivity index (χ0v) is 12.7. The average molecular weight is 309 g/mol. The molecule has 2 aromatic rings. The van der Waals surface area contributed by atoms with E-state index in [1.54, 1.807) is 12.1 Å². The third-order valence-electron chi connectivity index (χ3n) is 3.35. The molecule has 0 aliphatic carbocycles. The van der Waals surface area contributed by atoms with Crippen molar-refractivity contribution >= 4 is 23.2 Å². The second-order valence-electron chi connectivity index (χ2n) is 4.94. The van der Waals surface area contributed by atoms with E-state index in [4.69, 9.17) is 23.2 Å². The lowest BCUT2D eigenvalue weighted by atomic mass is 10.0. The first-order chi connectivity index (χ1) is 9.66. The molecule has 20 heavy (non-hydrogen) atoms. The van der Waals surface area contributed by atoms with E-state index in [1.807, 2.05) is 24.3 Å². The van der Waals surface area contributed by atoms with E-state index in [2.05, 4.69) is 12.1 Å². The third kappa shape index (κ3) is 4.52. The molecular weight excluding hydrogens is 291 g/mol. The van der Waals surface area contributed by atoms with Crippen LogP contribution in [-0.4, -0.2) is 11.2 Å². The van der Waals surface area contributed by atoms with Crippen molar-refractivity contribution in [2.75, 3.05) is 0 Å². The Bertz CT molecular complexity index is 520. The van der Waals surface area contributed by atoms with Gasteiger partial charge in [0.05, 0.1) is 6.10 Å². The smallest absolute Gasteiger partial charge is 0.0581 e. The summed E-state index contributed by atoms with van der Waals surface area (Å²) < 4.78 is 0. The molecule has 2 rings (SSSR count). The molecule has 1 atom stereocenters. The second kappa shape index (κ2) is 7.68. The summed E-state index contributed by atoms with van der Waals surface area (Å²) in [4.78, 5) is 0. The number of hydrogen-bond acceptors (Lipinski definition) is 1. The summed E-state index contributed by atoms with van der Waals surface area (Å²) >= 11 is 12.2. The minimum absolute atomic E-state index is 0.406. The van der Waals surface area contributed by atoms with Gasteiger partial charge in [0.15, 0.2) is 0 Å². The van der Waals surface area contributed by atoms with Crippen molar-refractivity contribution in [1.82, 2.24) is 0 Å². The van der Waals surface area contributed by atoms with Crippen LogP contribution in [-0.2, 0) is 12.8 Å². The van der Waals surface area contributed by atoms with Gasteiger partial charge in [-0.2, -0.15) is 0 Å². The van der Waals surface area contributed by atoms with E-state index in [1.165, 1.54) is 5.56 Å². The Labute approximate surface area is 130 Å². The first kappa shape index (κ1) is 15.4. The molecule has 0 heterocycles. The van der Waals surface area contributed by atoms with Gasteiger partial charge < -0.3 is 5.11 Å². The number of halogens is 2. The third-order valence-corrected chi connectivity index (χ3v) is 4.06. The highest BCUT2D eigenvalue weighted by molar-refractivity contribution is 6.35. The predicted octanol–water partition coefficient (Wildman–Crippen LogP) is 4.92. The molecule has 0 saturated carbocycles. The number of benzene rings is 2. The van der Waals surface area contributed by atoms with Crippen LogP contribution in [0.4, 0.5) is 0 Å². The van der Waals surface area contributed by atoms with Crippen LogP contribution in [0.2, 0.25) is 10.0 Å². The first-order valence-electron chi connectivity index (χ1n) is 6.81. The highest BCUT2D eigenvalue weighted by Crippen LogP contribution is 2.26. The number of aliphatic hydroxyl groups excluding tert-OH is 1. The molecule has 0 amide bonds. The van der Waals surface area contributed by atoms with Gasteiger partial charge in [0, 0.05) is 16.5 Å². The average Bonchev–Trinajstić information content (AvgIpc) is 2.44. The fourth-order valence-electron chi connectivity index (χ4n) is 2.25. The number of aliphatic hydroxyl groups is 1. The van der Waals surface area contributed by atoms with Crippen LogP contribution in [0.1, 0.15) is 24.0 Å². The Hall–Kier alpha value is -1.02. The number of hydrogen-bond donors (Lipinski definition) is 1.